The highest BCUT2D eigenvalue weighted by atomic mass is 31.2. The van der Waals surface area contributed by atoms with Gasteiger partial charge in [-0.2, -0.15) is 0 Å². The Kier molecular flexibility index (Phi) is 14.6. The molecule has 0 atom stereocenters. The molecule has 8 rings (SSSR count). The summed E-state index contributed by atoms with van der Waals surface area (Å²) in [6, 6.07) is 36.9. The van der Waals surface area contributed by atoms with Crippen LogP contribution in [0.5, 0.6) is 5.75 Å². The predicted octanol–water partition coefficient (Wildman–Crippen LogP) is 11.0. The van der Waals surface area contributed by atoms with Crippen LogP contribution in [0.4, 0.5) is 92.2 Å². The van der Waals surface area contributed by atoms with Gasteiger partial charge in [0, 0.05) is 0 Å². The number of benzene rings is 8. The van der Waals surface area contributed by atoms with E-state index in [9.17, 15) is 57.1 Å². The molecule has 0 spiro atoms. The first-order chi connectivity index (χ1) is 34.0. The van der Waals surface area contributed by atoms with Crippen LogP contribution in [-0.2, 0) is 0 Å². The molecule has 24 heteroatoms. The summed E-state index contributed by atoms with van der Waals surface area (Å²) in [7, 11) is -2.54. The van der Waals surface area contributed by atoms with Crippen molar-refractivity contribution >= 4 is 51.4 Å². The van der Waals surface area contributed by atoms with Crippen LogP contribution in [0.25, 0.3) is 0 Å². The number of hydrogen-bond donors (Lipinski definition) is 0. The molecule has 0 amide bonds. The van der Waals surface area contributed by atoms with Crippen LogP contribution in [0.2, 0.25) is 0 Å². The highest BCUT2D eigenvalue weighted by Crippen LogP contribution is 2.56. The summed E-state index contributed by atoms with van der Waals surface area (Å²) in [5.74, 6) is -71.5. The monoisotopic (exact) mass is 1050 g/mol. The van der Waals surface area contributed by atoms with Crippen molar-refractivity contribution in [3.8, 4) is 5.75 Å². The van der Waals surface area contributed by atoms with Crippen molar-refractivity contribution in [2.45, 2.75) is 0 Å². The van der Waals surface area contributed by atoms with Crippen molar-refractivity contribution in [2.24, 2.45) is 0 Å². The van der Waals surface area contributed by atoms with E-state index in [1.807, 2.05) is 54.6 Å². The highest BCUT2D eigenvalue weighted by molar-refractivity contribution is 7.92. The Labute approximate surface area is 390 Å². The topological polar surface area (TPSA) is 9.23 Å². The number of halogens is 21. The molecule has 0 N–H and O–H groups in total. The lowest BCUT2D eigenvalue weighted by atomic mass is 9.12. The minimum absolute atomic E-state index is 0.266. The van der Waals surface area contributed by atoms with Gasteiger partial charge in [0.2, 0.25) is 5.75 Å². The van der Waals surface area contributed by atoms with E-state index < -0.39 is 152 Å². The van der Waals surface area contributed by atoms with Crippen molar-refractivity contribution in [3.63, 3.8) is 0 Å². The van der Waals surface area contributed by atoms with Crippen LogP contribution in [0, 0.1) is 122 Å². The molecule has 0 aliphatic carbocycles. The van der Waals surface area contributed by atoms with Crippen LogP contribution in [0.3, 0.4) is 0 Å². The van der Waals surface area contributed by atoms with Crippen LogP contribution in [0.15, 0.2) is 115 Å². The van der Waals surface area contributed by atoms with Gasteiger partial charge in [-0.1, -0.05) is 66.7 Å². The molecule has 0 aromatic heterocycles. The van der Waals surface area contributed by atoms with Gasteiger partial charge in [0.15, 0.2) is 75.6 Å². The van der Waals surface area contributed by atoms with Crippen molar-refractivity contribution < 1.29 is 96.7 Å². The predicted molar refractivity (Wildman–Crippen MR) is 221 cm³/mol. The van der Waals surface area contributed by atoms with E-state index in [4.69, 9.17) is 4.52 Å². The van der Waals surface area contributed by atoms with E-state index in [2.05, 4.69) is 36.4 Å². The zero-order chi connectivity index (χ0) is 52.9. The maximum absolute atomic E-state index is 15.4. The second-order valence-electron chi connectivity index (χ2n) is 14.9. The molecule has 8 aromatic carbocycles. The van der Waals surface area contributed by atoms with Crippen LogP contribution >= 0.6 is 7.49 Å². The lowest BCUT2D eigenvalue weighted by molar-refractivity contribution is 0.378. The summed E-state index contributed by atoms with van der Waals surface area (Å²) in [4.78, 5) is 0. The summed E-state index contributed by atoms with van der Waals surface area (Å²) >= 11 is 0. The first-order valence-electron chi connectivity index (χ1n) is 19.7. The second kappa shape index (κ2) is 20.0. The van der Waals surface area contributed by atoms with Crippen molar-refractivity contribution in [3.05, 3.63) is 237 Å². The highest BCUT2D eigenvalue weighted by Gasteiger charge is 2.53. The van der Waals surface area contributed by atoms with Crippen molar-refractivity contribution in [2.75, 3.05) is 0 Å². The fourth-order valence-electron chi connectivity index (χ4n) is 8.06. The molecule has 0 saturated carbocycles. The minimum Gasteiger partial charge on any atom is -0.331 e. The first-order valence-corrected chi connectivity index (χ1v) is 21.4. The molecule has 0 aliphatic rings. The third kappa shape index (κ3) is 8.16. The van der Waals surface area contributed by atoms with Gasteiger partial charge in [0.1, 0.15) is 68.6 Å². The maximum Gasteiger partial charge on any atom is 0.287 e. The molecule has 0 unspecified atom stereocenters. The van der Waals surface area contributed by atoms with Gasteiger partial charge in [-0.3, -0.25) is 0 Å². The number of hydrogen-bond acceptors (Lipinski definition) is 1. The lowest BCUT2D eigenvalue weighted by Crippen LogP contribution is -2.81. The maximum atomic E-state index is 15.4. The zero-order valence-electron chi connectivity index (χ0n) is 34.8. The van der Waals surface area contributed by atoms with E-state index in [0.717, 1.165) is 15.9 Å². The quantitative estimate of drug-likeness (QED) is 0.0460. The Hall–Kier alpha value is -7.42. The van der Waals surface area contributed by atoms with Gasteiger partial charge in [0.25, 0.3) is 7.49 Å². The second-order valence-corrected chi connectivity index (χ2v) is 17.9. The van der Waals surface area contributed by atoms with Gasteiger partial charge < -0.3 is 4.52 Å². The molecule has 8 aromatic rings. The van der Waals surface area contributed by atoms with Gasteiger partial charge in [-0.15, -0.1) is 21.9 Å². The van der Waals surface area contributed by atoms with Crippen molar-refractivity contribution in [1.82, 2.24) is 0 Å². The van der Waals surface area contributed by atoms with Crippen molar-refractivity contribution in [1.29, 1.82) is 0 Å². The smallest absolute Gasteiger partial charge is 0.287 e. The zero-order valence-corrected chi connectivity index (χ0v) is 35.7. The fraction of sp³-hybridized carbons (Fsp3) is 0. The normalized spacial score (nSPS) is 11.7. The Bertz CT molecular complexity index is 2920. The molecule has 0 bridgehead atoms. The average Bonchev–Trinajstić information content (AvgIpc) is 3.39. The van der Waals surface area contributed by atoms with E-state index in [0.29, 0.717) is 0 Å². The third-order valence-corrected chi connectivity index (χ3v) is 14.7. The average molecular weight is 1050 g/mol. The van der Waals surface area contributed by atoms with E-state index >= 15 is 35.1 Å². The fourth-order valence-corrected chi connectivity index (χ4v) is 11.5. The molecule has 0 saturated heterocycles. The molecule has 72 heavy (non-hydrogen) atoms. The molecule has 0 radical (unpaired) electrons. The molecule has 0 fully saturated rings. The van der Waals surface area contributed by atoms with Gasteiger partial charge in [-0.25, -0.2) is 92.2 Å². The summed E-state index contributed by atoms with van der Waals surface area (Å²) < 4.78 is 315. The van der Waals surface area contributed by atoms with E-state index in [1.54, 1.807) is 18.2 Å². The SMILES string of the molecule is Fc1c(F)c(F)c([B-](c2c(F)c(F)c(F)c(F)c2F)(c2c(F)c(F)c(F)c(F)c2F)c2c(F)c(F)c(F)c(F)c2F)c(F)c1F.Fc1ccccc1O[P+](c1ccccc1)(c1ccccc1)c1ccccc1. The van der Waals surface area contributed by atoms with Gasteiger partial charge >= 0.3 is 0 Å². The molecule has 0 aliphatic heterocycles. The molecular weight excluding hydrogens is 1030 g/mol. The lowest BCUT2D eigenvalue weighted by Gasteiger charge is -2.44. The van der Waals surface area contributed by atoms with Gasteiger partial charge in [0.05, 0.1) is 0 Å². The Morgan fingerprint density at radius 3 is 0.653 bits per heavy atom. The largest absolute Gasteiger partial charge is 0.331 e. The van der Waals surface area contributed by atoms with Gasteiger partial charge in [-0.05, 0) is 48.5 Å². The van der Waals surface area contributed by atoms with Crippen LogP contribution in [-0.4, -0.2) is 6.15 Å². The summed E-state index contributed by atoms with van der Waals surface area (Å²) in [5, 5.41) is 3.14. The Balaban J connectivity index is 0.000000238. The van der Waals surface area contributed by atoms with E-state index in [-0.39, 0.29) is 11.6 Å². The standard InChI is InChI=1S/C24BF20.C24H19FOP/c26-5-1(6(27)14(35)21(42)13(5)34)25(2-7(28)15(36)22(43)16(37)8(2)29,3-9(30)17(38)23(44)18(39)10(3)31)4-11(32)19(40)24(45)20(41)12(4)33;25-23-18-10-11-19-24(23)26-27(20-12-4-1-5-13-20,21-14-6-2-7-15-21)22-16-8-3-9-17-22/h;1-19H/q-1;+1. The Morgan fingerprint density at radius 2 is 0.431 bits per heavy atom. The molecule has 372 valence electrons. The van der Waals surface area contributed by atoms with Crippen LogP contribution in [0.1, 0.15) is 0 Å². The summed E-state index contributed by atoms with van der Waals surface area (Å²) in [6.07, 6.45) is -7.22. The van der Waals surface area contributed by atoms with E-state index in [1.165, 1.54) is 6.07 Å². The van der Waals surface area contributed by atoms with Crippen LogP contribution < -0.4 is 42.3 Å². The Morgan fingerprint density at radius 1 is 0.236 bits per heavy atom. The first kappa shape index (κ1) is 52.4. The molecule has 0 heterocycles. The number of rotatable bonds is 9. The molecular formula is C48H19BF21OP. The third-order valence-electron chi connectivity index (χ3n) is 11.1. The summed E-state index contributed by atoms with van der Waals surface area (Å²) in [5.41, 5.74) is -14.3. The molecule has 1 nitrogen and oxygen atoms in total. The minimum atomic E-state index is -7.22. The summed E-state index contributed by atoms with van der Waals surface area (Å²) in [6.45, 7) is 0. The number of para-hydroxylation sites is 1.